The fourth-order valence-electron chi connectivity index (χ4n) is 1.12. The van der Waals surface area contributed by atoms with Crippen molar-refractivity contribution in [2.75, 3.05) is 5.33 Å². The molecule has 2 N–H and O–H groups in total. The molecular formula is C8H13BrN2O2. The smallest absolute Gasteiger partial charge is 0.121 e. The minimum Gasteiger partial charge on any atom is -0.390 e. The summed E-state index contributed by atoms with van der Waals surface area (Å²) in [6, 6.07) is 0. The first-order chi connectivity index (χ1) is 6.16. The third-order valence-corrected chi connectivity index (χ3v) is 2.38. The summed E-state index contributed by atoms with van der Waals surface area (Å²) in [6.45, 7) is 0. The molecular weight excluding hydrogens is 236 g/mol. The van der Waals surface area contributed by atoms with Gasteiger partial charge in [-0.3, -0.25) is 0 Å². The van der Waals surface area contributed by atoms with Crippen molar-refractivity contribution < 1.29 is 10.2 Å². The Bertz CT molecular complexity index is 264. The zero-order valence-electron chi connectivity index (χ0n) is 7.39. The molecule has 0 aromatic carbocycles. The van der Waals surface area contributed by atoms with Crippen LogP contribution in [0.5, 0.6) is 0 Å². The van der Waals surface area contributed by atoms with Crippen LogP contribution in [0.25, 0.3) is 0 Å². The highest BCUT2D eigenvalue weighted by Crippen LogP contribution is 2.18. The number of nitrogens with zero attached hydrogens (tertiary/aromatic N) is 2. The Morgan fingerprint density at radius 3 is 2.77 bits per heavy atom. The molecule has 0 aliphatic carbocycles. The highest BCUT2D eigenvalue weighted by Gasteiger charge is 2.19. The van der Waals surface area contributed by atoms with Gasteiger partial charge in [-0.25, -0.2) is 4.98 Å². The number of imidazole rings is 1. The van der Waals surface area contributed by atoms with Gasteiger partial charge in [0.2, 0.25) is 0 Å². The molecule has 2 unspecified atom stereocenters. The van der Waals surface area contributed by atoms with Crippen molar-refractivity contribution in [2.45, 2.75) is 18.6 Å². The molecule has 0 spiro atoms. The molecule has 0 bridgehead atoms. The van der Waals surface area contributed by atoms with E-state index in [0.717, 1.165) is 0 Å². The molecule has 0 amide bonds. The Hall–Kier alpha value is -0.390. The van der Waals surface area contributed by atoms with Gasteiger partial charge in [0.15, 0.2) is 0 Å². The molecule has 0 saturated heterocycles. The number of halogens is 1. The van der Waals surface area contributed by atoms with Gasteiger partial charge < -0.3 is 14.8 Å². The van der Waals surface area contributed by atoms with Gasteiger partial charge in [0.05, 0.1) is 24.3 Å². The van der Waals surface area contributed by atoms with Crippen molar-refractivity contribution in [1.29, 1.82) is 0 Å². The van der Waals surface area contributed by atoms with Crippen molar-refractivity contribution >= 4 is 15.9 Å². The Morgan fingerprint density at radius 2 is 2.31 bits per heavy atom. The summed E-state index contributed by atoms with van der Waals surface area (Å²) >= 11 is 3.21. The van der Waals surface area contributed by atoms with E-state index in [1.807, 2.05) is 0 Å². The number of aromatic nitrogens is 2. The lowest BCUT2D eigenvalue weighted by Crippen LogP contribution is -2.20. The van der Waals surface area contributed by atoms with Crippen LogP contribution in [0.3, 0.4) is 0 Å². The maximum absolute atomic E-state index is 9.66. The van der Waals surface area contributed by atoms with E-state index in [4.69, 9.17) is 0 Å². The zero-order valence-corrected chi connectivity index (χ0v) is 8.98. The van der Waals surface area contributed by atoms with Crippen LogP contribution in [0.2, 0.25) is 0 Å². The van der Waals surface area contributed by atoms with Gasteiger partial charge in [-0.2, -0.15) is 0 Å². The van der Waals surface area contributed by atoms with Gasteiger partial charge in [-0.15, -0.1) is 0 Å². The third kappa shape index (κ3) is 2.52. The molecule has 4 nitrogen and oxygen atoms in total. The number of rotatable bonds is 4. The van der Waals surface area contributed by atoms with E-state index < -0.39 is 12.2 Å². The Labute approximate surface area is 85.4 Å². The topological polar surface area (TPSA) is 58.3 Å². The summed E-state index contributed by atoms with van der Waals surface area (Å²) in [6.07, 6.45) is 2.08. The standard InChI is InChI=1S/C8H13BrN2O2/c1-11-5-10-4-6(11)8(13)7(12)2-3-9/h4-5,7-8,12-13H,2-3H2,1H3. The molecule has 0 aliphatic heterocycles. The molecule has 0 saturated carbocycles. The quantitative estimate of drug-likeness (QED) is 0.768. The van der Waals surface area contributed by atoms with Gasteiger partial charge in [0.25, 0.3) is 0 Å². The molecule has 13 heavy (non-hydrogen) atoms. The Balaban J connectivity index is 2.67. The lowest BCUT2D eigenvalue weighted by atomic mass is 10.1. The van der Waals surface area contributed by atoms with E-state index in [9.17, 15) is 10.2 Å². The number of hydrogen-bond acceptors (Lipinski definition) is 3. The second kappa shape index (κ2) is 4.74. The molecule has 0 radical (unpaired) electrons. The van der Waals surface area contributed by atoms with Gasteiger partial charge in [0, 0.05) is 12.4 Å². The summed E-state index contributed by atoms with van der Waals surface area (Å²) in [5, 5.41) is 19.8. The number of aryl methyl sites for hydroxylation is 1. The van der Waals surface area contributed by atoms with Crippen LogP contribution in [0.1, 0.15) is 18.2 Å². The van der Waals surface area contributed by atoms with Crippen molar-refractivity contribution in [3.8, 4) is 0 Å². The van der Waals surface area contributed by atoms with E-state index in [1.165, 1.54) is 0 Å². The summed E-state index contributed by atoms with van der Waals surface area (Å²) in [5.41, 5.74) is 0.633. The molecule has 1 rings (SSSR count). The fourth-order valence-corrected chi connectivity index (χ4v) is 1.59. The monoisotopic (exact) mass is 248 g/mol. The average molecular weight is 249 g/mol. The van der Waals surface area contributed by atoms with E-state index in [0.29, 0.717) is 17.4 Å². The Kier molecular flexibility index (Phi) is 3.90. The van der Waals surface area contributed by atoms with Crippen LogP contribution in [0.4, 0.5) is 0 Å². The third-order valence-electron chi connectivity index (χ3n) is 1.93. The minimum absolute atomic E-state index is 0.520. The van der Waals surface area contributed by atoms with E-state index in [-0.39, 0.29) is 0 Å². The summed E-state index contributed by atoms with van der Waals surface area (Å²) in [4.78, 5) is 3.87. The second-order valence-corrected chi connectivity index (χ2v) is 3.71. The maximum Gasteiger partial charge on any atom is 0.121 e. The first-order valence-electron chi connectivity index (χ1n) is 4.05. The lowest BCUT2D eigenvalue weighted by molar-refractivity contribution is 0.0132. The van der Waals surface area contributed by atoms with Crippen LogP contribution in [-0.4, -0.2) is 31.2 Å². The normalized spacial score (nSPS) is 15.7. The average Bonchev–Trinajstić information content (AvgIpc) is 2.50. The zero-order chi connectivity index (χ0) is 9.84. The van der Waals surface area contributed by atoms with Gasteiger partial charge in [0.1, 0.15) is 6.10 Å². The Morgan fingerprint density at radius 1 is 1.62 bits per heavy atom. The SMILES string of the molecule is Cn1cncc1C(O)C(O)CCBr. The number of aliphatic hydroxyl groups excluding tert-OH is 2. The minimum atomic E-state index is -0.856. The highest BCUT2D eigenvalue weighted by molar-refractivity contribution is 9.09. The molecule has 0 fully saturated rings. The molecule has 1 heterocycles. The van der Waals surface area contributed by atoms with Crippen LogP contribution < -0.4 is 0 Å². The van der Waals surface area contributed by atoms with Crippen molar-refractivity contribution in [3.63, 3.8) is 0 Å². The summed E-state index contributed by atoms with van der Waals surface area (Å²) < 4.78 is 1.70. The molecule has 0 aliphatic rings. The summed E-state index contributed by atoms with van der Waals surface area (Å²) in [7, 11) is 1.78. The highest BCUT2D eigenvalue weighted by atomic mass is 79.9. The molecule has 2 atom stereocenters. The maximum atomic E-state index is 9.66. The van der Waals surface area contributed by atoms with Gasteiger partial charge in [-0.1, -0.05) is 15.9 Å². The second-order valence-electron chi connectivity index (χ2n) is 2.92. The predicted molar refractivity (Wildman–Crippen MR) is 52.6 cm³/mol. The van der Waals surface area contributed by atoms with Gasteiger partial charge in [-0.05, 0) is 6.42 Å². The lowest BCUT2D eigenvalue weighted by Gasteiger charge is -2.16. The fraction of sp³-hybridized carbons (Fsp3) is 0.625. The van der Waals surface area contributed by atoms with Crippen molar-refractivity contribution in [3.05, 3.63) is 18.2 Å². The van der Waals surface area contributed by atoms with E-state index in [1.54, 1.807) is 24.1 Å². The van der Waals surface area contributed by atoms with Crippen LogP contribution in [0.15, 0.2) is 12.5 Å². The number of hydrogen-bond donors (Lipinski definition) is 2. The van der Waals surface area contributed by atoms with Crippen LogP contribution >= 0.6 is 15.9 Å². The largest absolute Gasteiger partial charge is 0.390 e. The molecule has 1 aromatic rings. The molecule has 74 valence electrons. The molecule has 5 heteroatoms. The first kappa shape index (κ1) is 10.7. The van der Waals surface area contributed by atoms with Crippen molar-refractivity contribution in [1.82, 2.24) is 9.55 Å². The van der Waals surface area contributed by atoms with E-state index in [2.05, 4.69) is 20.9 Å². The number of alkyl halides is 1. The first-order valence-corrected chi connectivity index (χ1v) is 5.17. The predicted octanol–water partition coefficient (Wildman–Crippen LogP) is 0.599. The van der Waals surface area contributed by atoms with Gasteiger partial charge >= 0.3 is 0 Å². The number of aliphatic hydroxyl groups is 2. The summed E-state index contributed by atoms with van der Waals surface area (Å²) in [5.74, 6) is 0. The van der Waals surface area contributed by atoms with E-state index >= 15 is 0 Å². The van der Waals surface area contributed by atoms with Crippen molar-refractivity contribution in [2.24, 2.45) is 7.05 Å². The van der Waals surface area contributed by atoms with Crippen LogP contribution in [0, 0.1) is 0 Å². The molecule has 1 aromatic heterocycles. The van der Waals surface area contributed by atoms with Crippen LogP contribution in [-0.2, 0) is 7.05 Å².